The van der Waals surface area contributed by atoms with Crippen LogP contribution in [-0.4, -0.2) is 96.2 Å². The van der Waals surface area contributed by atoms with Crippen LogP contribution in [0.4, 0.5) is 0 Å². The number of nitrogens with zero attached hydrogens (tertiary/aromatic N) is 2. The minimum absolute atomic E-state index is 0.0175. The number of aromatic nitrogens is 1. The number of hydrogen-bond acceptors (Lipinski definition) is 10. The normalized spacial score (nSPS) is 18.5. The molecule has 2 bridgehead atoms. The highest BCUT2D eigenvalue weighted by Gasteiger charge is 2.32. The van der Waals surface area contributed by atoms with Gasteiger partial charge in [-0.2, -0.15) is 0 Å². The summed E-state index contributed by atoms with van der Waals surface area (Å²) in [6.45, 7) is 6.05. The molecule has 4 rings (SSSR count). The summed E-state index contributed by atoms with van der Waals surface area (Å²) in [6.07, 6.45) is -0.673. The number of fused-ring (bicyclic) bond motifs is 3. The number of benzene rings is 2. The third-order valence-electron chi connectivity index (χ3n) is 9.27. The van der Waals surface area contributed by atoms with Crippen molar-refractivity contribution >= 4 is 29.5 Å². The van der Waals surface area contributed by atoms with Crippen molar-refractivity contribution in [2.45, 2.75) is 65.3 Å². The first kappa shape index (κ1) is 41.9. The molecule has 16 heteroatoms. The first-order valence-electron chi connectivity index (χ1n) is 18.0. The number of carbonyl (C=O) groups excluding carboxylic acids is 5. The lowest BCUT2D eigenvalue weighted by Gasteiger charge is -2.28. The fourth-order valence-corrected chi connectivity index (χ4v) is 5.93. The number of carbonyl (C=O) groups is 5. The molecule has 2 heterocycles. The van der Waals surface area contributed by atoms with Crippen molar-refractivity contribution in [2.24, 2.45) is 13.0 Å². The molecule has 0 fully saturated rings. The largest absolute Gasteiger partial charge is 0.496 e. The van der Waals surface area contributed by atoms with E-state index in [0.717, 1.165) is 0 Å². The second-order valence-electron chi connectivity index (χ2n) is 13.6. The predicted molar refractivity (Wildman–Crippen MR) is 202 cm³/mol. The molecule has 0 unspecified atom stereocenters. The number of hydrogen-bond donors (Lipinski definition) is 5. The second-order valence-corrected chi connectivity index (χ2v) is 13.6. The Bertz CT molecular complexity index is 1960. The molecular formula is C39H50N6O10. The summed E-state index contributed by atoms with van der Waals surface area (Å²) < 4.78 is 18.7. The van der Waals surface area contributed by atoms with Gasteiger partial charge in [0, 0.05) is 31.4 Å². The van der Waals surface area contributed by atoms with E-state index in [9.17, 15) is 33.9 Å². The zero-order chi connectivity index (χ0) is 40.4. The van der Waals surface area contributed by atoms with E-state index >= 15 is 0 Å². The van der Waals surface area contributed by atoms with Crippen LogP contribution in [0.1, 0.15) is 65.6 Å². The van der Waals surface area contributed by atoms with Crippen LogP contribution in [0, 0.1) is 12.8 Å². The summed E-state index contributed by atoms with van der Waals surface area (Å²) >= 11 is 0. The number of aryl methyl sites for hydroxylation is 1. The van der Waals surface area contributed by atoms with Crippen molar-refractivity contribution in [3.05, 3.63) is 81.3 Å². The lowest BCUT2D eigenvalue weighted by molar-refractivity contribution is -0.135. The van der Waals surface area contributed by atoms with Gasteiger partial charge in [-0.15, -0.1) is 0 Å². The summed E-state index contributed by atoms with van der Waals surface area (Å²) in [4.78, 5) is 81.9. The van der Waals surface area contributed by atoms with E-state index in [1.807, 2.05) is 0 Å². The highest BCUT2D eigenvalue weighted by molar-refractivity contribution is 5.98. The quantitative estimate of drug-likeness (QED) is 0.255. The van der Waals surface area contributed by atoms with Crippen molar-refractivity contribution in [1.29, 1.82) is 0 Å². The number of pyridine rings is 1. The zero-order valence-corrected chi connectivity index (χ0v) is 32.2. The van der Waals surface area contributed by atoms with Gasteiger partial charge in [0.15, 0.2) is 11.5 Å². The van der Waals surface area contributed by atoms with Crippen LogP contribution in [0.2, 0.25) is 0 Å². The van der Waals surface area contributed by atoms with Crippen LogP contribution < -0.4 is 41.0 Å². The Morgan fingerprint density at radius 1 is 0.873 bits per heavy atom. The van der Waals surface area contributed by atoms with Crippen LogP contribution in [0.25, 0.3) is 0 Å². The first-order chi connectivity index (χ1) is 26.2. The highest BCUT2D eigenvalue weighted by atomic mass is 16.5. The first-order valence-corrected chi connectivity index (χ1v) is 18.0. The Hall–Kier alpha value is -5.90. The lowest BCUT2D eigenvalue weighted by atomic mass is 10.0. The average molecular weight is 763 g/mol. The predicted octanol–water partition coefficient (Wildman–Crippen LogP) is 1.79. The molecule has 1 aliphatic rings. The molecule has 16 nitrogen and oxygen atoms in total. The van der Waals surface area contributed by atoms with Crippen LogP contribution >= 0.6 is 0 Å². The van der Waals surface area contributed by atoms with Crippen LogP contribution in [-0.2, 0) is 28.0 Å². The van der Waals surface area contributed by atoms with Gasteiger partial charge in [0.2, 0.25) is 17.7 Å². The van der Waals surface area contributed by atoms with Crippen molar-refractivity contribution in [3.8, 4) is 23.0 Å². The maximum absolute atomic E-state index is 13.7. The number of amides is 5. The van der Waals surface area contributed by atoms with Crippen molar-refractivity contribution in [2.75, 3.05) is 33.9 Å². The van der Waals surface area contributed by atoms with Crippen molar-refractivity contribution in [1.82, 2.24) is 30.7 Å². The molecule has 3 aromatic rings. The molecule has 0 saturated heterocycles. The molecule has 296 valence electrons. The fourth-order valence-electron chi connectivity index (χ4n) is 5.93. The molecule has 0 spiro atoms. The molecule has 0 saturated carbocycles. The number of aliphatic hydroxyl groups excluding tert-OH is 1. The topological polar surface area (TPSA) is 207 Å². The van der Waals surface area contributed by atoms with Crippen LogP contribution in [0.5, 0.6) is 23.0 Å². The third kappa shape index (κ3) is 10.4. The fraction of sp³-hybridized carbons (Fsp3) is 0.436. The molecule has 1 aliphatic heterocycles. The van der Waals surface area contributed by atoms with Gasteiger partial charge in [0.25, 0.3) is 17.4 Å². The summed E-state index contributed by atoms with van der Waals surface area (Å²) in [6, 6.07) is 10.2. The van der Waals surface area contributed by atoms with E-state index in [4.69, 9.17) is 14.2 Å². The Kier molecular flexibility index (Phi) is 14.4. The van der Waals surface area contributed by atoms with Crippen LogP contribution in [0.3, 0.4) is 0 Å². The van der Waals surface area contributed by atoms with Gasteiger partial charge in [-0.1, -0.05) is 19.9 Å². The molecule has 2 aromatic carbocycles. The molecule has 5 amide bonds. The van der Waals surface area contributed by atoms with E-state index in [2.05, 4.69) is 21.3 Å². The SMILES string of the molecule is COc1ccc2cc1Oc1cccc(OC)c1CNC(=O)[C@@H](C(C)C)NC(=O)[C@H]([C@@H](C)O)NC(=O)CN(C(=O)c1ccc(C)n(C)c1=O)CCCCNC2=O. The maximum Gasteiger partial charge on any atom is 0.263 e. The van der Waals surface area contributed by atoms with Gasteiger partial charge in [-0.25, -0.2) is 0 Å². The Labute approximate surface area is 319 Å². The number of nitrogens with one attached hydrogen (secondary N) is 4. The van der Waals surface area contributed by atoms with Gasteiger partial charge < -0.3 is 50.1 Å². The van der Waals surface area contributed by atoms with Gasteiger partial charge in [-0.3, -0.25) is 28.8 Å². The van der Waals surface area contributed by atoms with E-state index in [-0.39, 0.29) is 36.5 Å². The molecule has 55 heavy (non-hydrogen) atoms. The third-order valence-corrected chi connectivity index (χ3v) is 9.27. The minimum atomic E-state index is -1.50. The van der Waals surface area contributed by atoms with Crippen molar-refractivity contribution < 1.29 is 43.3 Å². The van der Waals surface area contributed by atoms with Crippen molar-refractivity contribution in [3.63, 3.8) is 0 Å². The van der Waals surface area contributed by atoms with Gasteiger partial charge >= 0.3 is 0 Å². The van der Waals surface area contributed by atoms with Gasteiger partial charge in [0.1, 0.15) is 29.1 Å². The number of aliphatic hydroxyl groups is 1. The van der Waals surface area contributed by atoms with Crippen LogP contribution in [0.15, 0.2) is 53.3 Å². The molecule has 3 atom stereocenters. The van der Waals surface area contributed by atoms with E-state index in [1.165, 1.54) is 49.8 Å². The number of ether oxygens (including phenoxy) is 3. The summed E-state index contributed by atoms with van der Waals surface area (Å²) in [5.41, 5.74) is 0.662. The van der Waals surface area contributed by atoms with E-state index in [0.29, 0.717) is 41.3 Å². The Balaban J connectivity index is 1.71. The summed E-state index contributed by atoms with van der Waals surface area (Å²) in [5.74, 6) is -2.45. The molecular weight excluding hydrogens is 712 g/mol. The molecule has 1 aromatic heterocycles. The Morgan fingerprint density at radius 3 is 2.27 bits per heavy atom. The lowest BCUT2D eigenvalue weighted by Crippen LogP contribution is -2.59. The maximum atomic E-state index is 13.7. The minimum Gasteiger partial charge on any atom is -0.496 e. The standard InChI is InChI=1S/C39H50N6O10/c1-22(2)33-36(49)41-20-27-28(53-6)11-10-12-29(27)55-31-19-25(14-16-30(31)54-7)35(48)40-17-8-9-18-45(21-32(47)42-34(24(4)46)37(50)43-33)39(52)26-15-13-23(3)44(5)38(26)51/h10-16,19,22,24,33-34,46H,8-9,17-18,20-21H2,1-7H3,(H,40,48)(H,41,49)(H,42,47)(H,43,50)/t24-,33-,34+/m1/s1. The summed E-state index contributed by atoms with van der Waals surface area (Å²) in [7, 11) is 4.46. The van der Waals surface area contributed by atoms with Gasteiger partial charge in [0.05, 0.1) is 39.0 Å². The summed E-state index contributed by atoms with van der Waals surface area (Å²) in [5, 5.41) is 21.4. The molecule has 0 aliphatic carbocycles. The second kappa shape index (κ2) is 18.9. The number of methoxy groups -OCH3 is 2. The highest BCUT2D eigenvalue weighted by Crippen LogP contribution is 2.37. The molecule has 0 radical (unpaired) electrons. The van der Waals surface area contributed by atoms with E-state index < -0.39 is 65.7 Å². The zero-order valence-electron chi connectivity index (χ0n) is 32.2. The smallest absolute Gasteiger partial charge is 0.263 e. The van der Waals surface area contributed by atoms with Gasteiger partial charge in [-0.05, 0) is 75.1 Å². The average Bonchev–Trinajstić information content (AvgIpc) is 3.15. The Morgan fingerprint density at radius 2 is 1.60 bits per heavy atom. The number of rotatable bonds is 5. The monoisotopic (exact) mass is 762 g/mol. The molecule has 5 N–H and O–H groups in total. The van der Waals surface area contributed by atoms with E-state index in [1.54, 1.807) is 57.2 Å².